The molecule has 0 saturated heterocycles. The van der Waals surface area contributed by atoms with E-state index in [1.54, 1.807) is 0 Å². The van der Waals surface area contributed by atoms with Gasteiger partial charge in [0.15, 0.2) is 0 Å². The molecule has 1 atom stereocenters. The largest absolute Gasteiger partial charge is 0.466 e. The molecule has 0 saturated carbocycles. The van der Waals surface area contributed by atoms with E-state index in [1.165, 1.54) is 0 Å². The van der Waals surface area contributed by atoms with Gasteiger partial charge in [0.05, 0.1) is 12.5 Å². The minimum Gasteiger partial charge on any atom is -0.466 e. The molecule has 2 heteroatoms. The van der Waals surface area contributed by atoms with Crippen LogP contribution in [-0.2, 0) is 9.53 Å². The Kier molecular flexibility index (Phi) is 5.92. The molecule has 0 aliphatic rings. The Balaban J connectivity index is 4.47. The van der Waals surface area contributed by atoms with Crippen LogP contribution in [0.25, 0.3) is 0 Å². The first-order valence-corrected chi connectivity index (χ1v) is 6.00. The normalized spacial score (nSPS) is 14.1. The van der Waals surface area contributed by atoms with Gasteiger partial charge in [-0.25, -0.2) is 0 Å². The SMILES string of the molecule is CCOC(=O)C(CC(C)(C)CC)C(C)C. The third kappa shape index (κ3) is 5.19. The highest BCUT2D eigenvalue weighted by Gasteiger charge is 2.29. The summed E-state index contributed by atoms with van der Waals surface area (Å²) in [5.41, 5.74) is 0.224. The molecule has 90 valence electrons. The second kappa shape index (κ2) is 6.14. The number of esters is 1. The van der Waals surface area contributed by atoms with Crippen molar-refractivity contribution >= 4 is 5.97 Å². The zero-order valence-corrected chi connectivity index (χ0v) is 11.1. The highest BCUT2D eigenvalue weighted by Crippen LogP contribution is 2.32. The van der Waals surface area contributed by atoms with Gasteiger partial charge in [-0.1, -0.05) is 41.0 Å². The number of rotatable bonds is 6. The van der Waals surface area contributed by atoms with Gasteiger partial charge < -0.3 is 4.74 Å². The van der Waals surface area contributed by atoms with E-state index >= 15 is 0 Å². The molecule has 0 aromatic heterocycles. The summed E-state index contributed by atoms with van der Waals surface area (Å²) in [5.74, 6) is 0.365. The average molecular weight is 214 g/mol. The summed E-state index contributed by atoms with van der Waals surface area (Å²) >= 11 is 0. The number of carbonyl (C=O) groups excluding carboxylic acids is 1. The van der Waals surface area contributed by atoms with E-state index in [9.17, 15) is 4.79 Å². The maximum absolute atomic E-state index is 11.8. The molecule has 0 heterocycles. The van der Waals surface area contributed by atoms with Crippen LogP contribution in [0.15, 0.2) is 0 Å². The lowest BCUT2D eigenvalue weighted by atomic mass is 9.77. The van der Waals surface area contributed by atoms with Crippen molar-refractivity contribution in [3.05, 3.63) is 0 Å². The molecule has 2 nitrogen and oxygen atoms in total. The minimum atomic E-state index is -0.0333. The summed E-state index contributed by atoms with van der Waals surface area (Å²) < 4.78 is 5.12. The van der Waals surface area contributed by atoms with Gasteiger partial charge in [0.1, 0.15) is 0 Å². The van der Waals surface area contributed by atoms with Gasteiger partial charge >= 0.3 is 5.97 Å². The van der Waals surface area contributed by atoms with Crippen LogP contribution < -0.4 is 0 Å². The van der Waals surface area contributed by atoms with Crippen LogP contribution in [-0.4, -0.2) is 12.6 Å². The molecule has 0 fully saturated rings. The molecule has 0 aliphatic heterocycles. The highest BCUT2D eigenvalue weighted by atomic mass is 16.5. The lowest BCUT2D eigenvalue weighted by molar-refractivity contribution is -0.151. The Morgan fingerprint density at radius 2 is 1.80 bits per heavy atom. The maximum atomic E-state index is 11.8. The Bertz CT molecular complexity index is 195. The maximum Gasteiger partial charge on any atom is 0.309 e. The summed E-state index contributed by atoms with van der Waals surface area (Å²) in [6.45, 7) is 13.1. The van der Waals surface area contributed by atoms with E-state index in [0.717, 1.165) is 12.8 Å². The molecule has 0 rings (SSSR count). The Labute approximate surface area is 94.4 Å². The van der Waals surface area contributed by atoms with Gasteiger partial charge in [0.2, 0.25) is 0 Å². The first kappa shape index (κ1) is 14.5. The predicted molar refractivity (Wildman–Crippen MR) is 63.7 cm³/mol. The average Bonchev–Trinajstić information content (AvgIpc) is 2.14. The van der Waals surface area contributed by atoms with Crippen LogP contribution in [0.3, 0.4) is 0 Å². The Hall–Kier alpha value is -0.530. The van der Waals surface area contributed by atoms with Crippen molar-refractivity contribution < 1.29 is 9.53 Å². The predicted octanol–water partition coefficient (Wildman–Crippen LogP) is 3.65. The second-order valence-corrected chi connectivity index (χ2v) is 5.32. The standard InChI is InChI=1S/C13H26O2/c1-7-13(5,6)9-11(10(3)4)12(14)15-8-2/h10-11H,7-9H2,1-6H3. The molecule has 1 unspecified atom stereocenters. The van der Waals surface area contributed by atoms with Crippen molar-refractivity contribution in [2.45, 2.75) is 54.4 Å². The first-order chi connectivity index (χ1) is 6.84. The monoisotopic (exact) mass is 214 g/mol. The minimum absolute atomic E-state index is 0.0333. The highest BCUT2D eigenvalue weighted by molar-refractivity contribution is 5.72. The molecule has 0 aromatic carbocycles. The van der Waals surface area contributed by atoms with Crippen LogP contribution in [0.1, 0.15) is 54.4 Å². The quantitative estimate of drug-likeness (QED) is 0.631. The molecule has 0 radical (unpaired) electrons. The van der Waals surface area contributed by atoms with E-state index in [4.69, 9.17) is 4.74 Å². The van der Waals surface area contributed by atoms with Crippen LogP contribution >= 0.6 is 0 Å². The van der Waals surface area contributed by atoms with E-state index in [1.807, 2.05) is 6.92 Å². The lowest BCUT2D eigenvalue weighted by Crippen LogP contribution is -2.28. The third-order valence-corrected chi connectivity index (χ3v) is 3.12. The molecular weight excluding hydrogens is 188 g/mol. The van der Waals surface area contributed by atoms with Crippen LogP contribution in [0.4, 0.5) is 0 Å². The van der Waals surface area contributed by atoms with Crippen molar-refractivity contribution in [1.29, 1.82) is 0 Å². The van der Waals surface area contributed by atoms with Gasteiger partial charge in [-0.3, -0.25) is 4.79 Å². The van der Waals surface area contributed by atoms with Gasteiger partial charge in [-0.15, -0.1) is 0 Å². The summed E-state index contributed by atoms with van der Waals surface area (Å²) in [4.78, 5) is 11.8. The summed E-state index contributed by atoms with van der Waals surface area (Å²) in [6, 6.07) is 0. The van der Waals surface area contributed by atoms with Gasteiger partial charge in [-0.2, -0.15) is 0 Å². The van der Waals surface area contributed by atoms with E-state index in [0.29, 0.717) is 12.5 Å². The summed E-state index contributed by atoms with van der Waals surface area (Å²) in [7, 11) is 0. The second-order valence-electron chi connectivity index (χ2n) is 5.32. The van der Waals surface area contributed by atoms with Crippen LogP contribution in [0.2, 0.25) is 0 Å². The molecule has 0 bridgehead atoms. The number of hydrogen-bond donors (Lipinski definition) is 0. The third-order valence-electron chi connectivity index (χ3n) is 3.12. The van der Waals surface area contributed by atoms with Crippen molar-refractivity contribution in [2.75, 3.05) is 6.61 Å². The Morgan fingerprint density at radius 3 is 2.13 bits per heavy atom. The van der Waals surface area contributed by atoms with Crippen molar-refractivity contribution in [3.63, 3.8) is 0 Å². The zero-order chi connectivity index (χ0) is 12.1. The fourth-order valence-electron chi connectivity index (χ4n) is 1.58. The molecule has 0 amide bonds. The van der Waals surface area contributed by atoms with Crippen molar-refractivity contribution in [1.82, 2.24) is 0 Å². The van der Waals surface area contributed by atoms with Crippen molar-refractivity contribution in [2.24, 2.45) is 17.3 Å². The van der Waals surface area contributed by atoms with Gasteiger partial charge in [0.25, 0.3) is 0 Å². The number of ether oxygens (including phenoxy) is 1. The van der Waals surface area contributed by atoms with Crippen molar-refractivity contribution in [3.8, 4) is 0 Å². The molecule has 0 N–H and O–H groups in total. The first-order valence-electron chi connectivity index (χ1n) is 6.00. The van der Waals surface area contributed by atoms with E-state index in [-0.39, 0.29) is 17.3 Å². The molecule has 15 heavy (non-hydrogen) atoms. The van der Waals surface area contributed by atoms with E-state index in [2.05, 4.69) is 34.6 Å². The summed E-state index contributed by atoms with van der Waals surface area (Å²) in [5, 5.41) is 0. The number of carbonyl (C=O) groups is 1. The lowest BCUT2D eigenvalue weighted by Gasteiger charge is -2.29. The van der Waals surface area contributed by atoms with Gasteiger partial charge in [0, 0.05) is 0 Å². The topological polar surface area (TPSA) is 26.3 Å². The van der Waals surface area contributed by atoms with E-state index < -0.39 is 0 Å². The summed E-state index contributed by atoms with van der Waals surface area (Å²) in [6.07, 6.45) is 2.01. The van der Waals surface area contributed by atoms with Crippen LogP contribution in [0.5, 0.6) is 0 Å². The molecule has 0 spiro atoms. The number of hydrogen-bond acceptors (Lipinski definition) is 2. The molecular formula is C13H26O2. The van der Waals surface area contributed by atoms with Gasteiger partial charge in [-0.05, 0) is 24.7 Å². The van der Waals surface area contributed by atoms with Crippen LogP contribution in [0, 0.1) is 17.3 Å². The molecule has 0 aliphatic carbocycles. The fourth-order valence-corrected chi connectivity index (χ4v) is 1.58. The molecule has 0 aromatic rings. The fraction of sp³-hybridized carbons (Fsp3) is 0.923. The Morgan fingerprint density at radius 1 is 1.27 bits per heavy atom. The smallest absolute Gasteiger partial charge is 0.309 e. The zero-order valence-electron chi connectivity index (χ0n) is 11.1.